The average Bonchev–Trinajstić information content (AvgIpc) is 3.04. The first kappa shape index (κ1) is 14.3. The largest absolute Gasteiger partial charge is 0.447 e. The highest BCUT2D eigenvalue weighted by atomic mass is 16.3. The molecular weight excluding hydrogens is 256 g/mol. The number of oxazole rings is 1. The van der Waals surface area contributed by atoms with E-state index in [1.54, 1.807) is 6.20 Å². The van der Waals surface area contributed by atoms with Gasteiger partial charge in [-0.1, -0.05) is 20.8 Å². The van der Waals surface area contributed by atoms with E-state index in [4.69, 9.17) is 4.42 Å². The van der Waals surface area contributed by atoms with Crippen molar-refractivity contribution in [2.45, 2.75) is 46.1 Å². The summed E-state index contributed by atoms with van der Waals surface area (Å²) in [5.41, 5.74) is 1.32. The predicted molar refractivity (Wildman–Crippen MR) is 74.4 cm³/mol. The van der Waals surface area contributed by atoms with Crippen LogP contribution in [0.5, 0.6) is 0 Å². The van der Waals surface area contributed by atoms with Gasteiger partial charge in [-0.25, -0.2) is 9.97 Å². The molecule has 2 heterocycles. The molecule has 1 atom stereocenters. The number of nitrogens with one attached hydrogen (secondary N) is 2. The van der Waals surface area contributed by atoms with E-state index in [1.807, 2.05) is 27.7 Å². The average molecular weight is 276 g/mol. The van der Waals surface area contributed by atoms with E-state index in [0.29, 0.717) is 11.5 Å². The zero-order chi connectivity index (χ0) is 14.7. The monoisotopic (exact) mass is 276 g/mol. The number of carbonyl (C=O) groups excluding carboxylic acids is 1. The highest BCUT2D eigenvalue weighted by Gasteiger charge is 2.22. The minimum absolute atomic E-state index is 0.115. The molecule has 0 aliphatic heterocycles. The van der Waals surface area contributed by atoms with Gasteiger partial charge in [0.1, 0.15) is 11.6 Å². The molecule has 0 bridgehead atoms. The third-order valence-corrected chi connectivity index (χ3v) is 3.10. The van der Waals surface area contributed by atoms with Crippen molar-refractivity contribution < 1.29 is 9.21 Å². The molecule has 0 aromatic carbocycles. The van der Waals surface area contributed by atoms with Gasteiger partial charge in [0, 0.05) is 17.8 Å². The Morgan fingerprint density at radius 2 is 2.20 bits per heavy atom. The summed E-state index contributed by atoms with van der Waals surface area (Å²) in [6, 6.07) is -0.159. The number of aromatic amines is 1. The number of amides is 1. The lowest BCUT2D eigenvalue weighted by atomic mass is 10.1. The van der Waals surface area contributed by atoms with Crippen molar-refractivity contribution in [1.82, 2.24) is 20.3 Å². The van der Waals surface area contributed by atoms with E-state index in [2.05, 4.69) is 20.3 Å². The molecule has 2 rings (SSSR count). The van der Waals surface area contributed by atoms with E-state index in [1.165, 1.54) is 6.39 Å². The van der Waals surface area contributed by atoms with Crippen molar-refractivity contribution in [3.8, 4) is 0 Å². The fourth-order valence-corrected chi connectivity index (χ4v) is 2.04. The second-order valence-electron chi connectivity index (χ2n) is 5.11. The lowest BCUT2D eigenvalue weighted by Gasteiger charge is -2.14. The molecule has 0 spiro atoms. The van der Waals surface area contributed by atoms with Crippen LogP contribution in [0.4, 0.5) is 0 Å². The minimum atomic E-state index is -0.233. The van der Waals surface area contributed by atoms with Crippen molar-refractivity contribution >= 4 is 5.91 Å². The second kappa shape index (κ2) is 5.90. The third kappa shape index (κ3) is 2.89. The third-order valence-electron chi connectivity index (χ3n) is 3.10. The molecule has 0 aliphatic rings. The number of aromatic nitrogens is 3. The van der Waals surface area contributed by atoms with Gasteiger partial charge in [-0.3, -0.25) is 4.79 Å². The Hall–Kier alpha value is -2.11. The van der Waals surface area contributed by atoms with Gasteiger partial charge in [0.15, 0.2) is 12.1 Å². The van der Waals surface area contributed by atoms with Gasteiger partial charge in [-0.2, -0.15) is 0 Å². The van der Waals surface area contributed by atoms with Crippen molar-refractivity contribution in [1.29, 1.82) is 0 Å². The molecule has 0 unspecified atom stereocenters. The Morgan fingerprint density at radius 3 is 2.75 bits per heavy atom. The normalized spacial score (nSPS) is 12.7. The lowest BCUT2D eigenvalue weighted by Crippen LogP contribution is -2.30. The number of carbonyl (C=O) groups is 1. The van der Waals surface area contributed by atoms with Gasteiger partial charge in [0.05, 0.1) is 6.04 Å². The molecule has 0 fully saturated rings. The first-order valence-corrected chi connectivity index (χ1v) is 6.78. The number of imidazole rings is 1. The van der Waals surface area contributed by atoms with E-state index in [-0.39, 0.29) is 17.9 Å². The molecule has 0 saturated heterocycles. The predicted octanol–water partition coefficient (Wildman–Crippen LogP) is 2.71. The van der Waals surface area contributed by atoms with Gasteiger partial charge in [0.2, 0.25) is 0 Å². The molecular formula is C14H20N4O2. The smallest absolute Gasteiger partial charge is 0.274 e. The molecule has 6 nitrogen and oxygen atoms in total. The molecule has 6 heteroatoms. The zero-order valence-corrected chi connectivity index (χ0v) is 12.2. The number of hydrogen-bond donors (Lipinski definition) is 2. The van der Waals surface area contributed by atoms with Crippen LogP contribution < -0.4 is 5.32 Å². The fourth-order valence-electron chi connectivity index (χ4n) is 2.04. The van der Waals surface area contributed by atoms with Crippen LogP contribution in [0.1, 0.15) is 66.9 Å². The Labute approximate surface area is 118 Å². The van der Waals surface area contributed by atoms with Crippen LogP contribution in [0.15, 0.2) is 17.0 Å². The SMILES string of the molecule is CC[C@H](NC(=O)c1ncoc1C(C)C)c1ncc(C)[nH]1. The quantitative estimate of drug-likeness (QED) is 0.879. The summed E-state index contributed by atoms with van der Waals surface area (Å²) in [7, 11) is 0. The van der Waals surface area contributed by atoms with Gasteiger partial charge < -0.3 is 14.7 Å². The standard InChI is InChI=1S/C14H20N4O2/c1-5-10(13-15-6-9(4)17-13)18-14(19)11-12(8(2)3)20-7-16-11/h6-8,10H,5H2,1-4H3,(H,15,17)(H,18,19)/t10-/m0/s1. The Kier molecular flexibility index (Phi) is 4.22. The van der Waals surface area contributed by atoms with E-state index < -0.39 is 0 Å². The van der Waals surface area contributed by atoms with Crippen molar-refractivity contribution in [3.05, 3.63) is 35.6 Å². The first-order valence-electron chi connectivity index (χ1n) is 6.78. The molecule has 0 aliphatic carbocycles. The van der Waals surface area contributed by atoms with Crippen LogP contribution in [0, 0.1) is 6.92 Å². The molecule has 2 aromatic rings. The van der Waals surface area contributed by atoms with Gasteiger partial charge in [-0.05, 0) is 13.3 Å². The summed E-state index contributed by atoms with van der Waals surface area (Å²) >= 11 is 0. The van der Waals surface area contributed by atoms with Crippen LogP contribution >= 0.6 is 0 Å². The molecule has 20 heavy (non-hydrogen) atoms. The lowest BCUT2D eigenvalue weighted by molar-refractivity contribution is 0.0927. The maximum absolute atomic E-state index is 12.3. The summed E-state index contributed by atoms with van der Waals surface area (Å²) in [5, 5.41) is 2.94. The molecule has 108 valence electrons. The number of hydrogen-bond acceptors (Lipinski definition) is 4. The number of nitrogens with zero attached hydrogens (tertiary/aromatic N) is 2. The van der Waals surface area contributed by atoms with E-state index in [0.717, 1.165) is 17.9 Å². The molecule has 2 N–H and O–H groups in total. The highest BCUT2D eigenvalue weighted by molar-refractivity contribution is 5.93. The van der Waals surface area contributed by atoms with Crippen LogP contribution in [-0.4, -0.2) is 20.9 Å². The van der Waals surface area contributed by atoms with Crippen molar-refractivity contribution in [2.24, 2.45) is 0 Å². The van der Waals surface area contributed by atoms with Gasteiger partial charge in [-0.15, -0.1) is 0 Å². The van der Waals surface area contributed by atoms with Gasteiger partial charge in [0.25, 0.3) is 5.91 Å². The van der Waals surface area contributed by atoms with Crippen LogP contribution in [0.25, 0.3) is 0 Å². The Bertz CT molecular complexity index is 586. The number of rotatable bonds is 5. The molecule has 1 amide bonds. The summed E-state index contributed by atoms with van der Waals surface area (Å²) in [6.07, 6.45) is 3.80. The van der Waals surface area contributed by atoms with Crippen LogP contribution in [0.2, 0.25) is 0 Å². The van der Waals surface area contributed by atoms with Crippen LogP contribution in [0.3, 0.4) is 0 Å². The van der Waals surface area contributed by atoms with Crippen molar-refractivity contribution in [3.63, 3.8) is 0 Å². The summed E-state index contributed by atoms with van der Waals surface area (Å²) in [6.45, 7) is 7.85. The summed E-state index contributed by atoms with van der Waals surface area (Å²) in [4.78, 5) is 23.7. The number of H-pyrrole nitrogens is 1. The fraction of sp³-hybridized carbons (Fsp3) is 0.500. The highest BCUT2D eigenvalue weighted by Crippen LogP contribution is 2.20. The second-order valence-corrected chi connectivity index (χ2v) is 5.11. The minimum Gasteiger partial charge on any atom is -0.447 e. The molecule has 0 saturated carbocycles. The Balaban J connectivity index is 2.15. The summed E-state index contributed by atoms with van der Waals surface area (Å²) < 4.78 is 5.28. The van der Waals surface area contributed by atoms with Crippen LogP contribution in [-0.2, 0) is 0 Å². The summed E-state index contributed by atoms with van der Waals surface area (Å²) in [5.74, 6) is 1.24. The number of aryl methyl sites for hydroxylation is 1. The zero-order valence-electron chi connectivity index (χ0n) is 12.2. The molecule has 0 radical (unpaired) electrons. The maximum Gasteiger partial charge on any atom is 0.274 e. The topological polar surface area (TPSA) is 83.8 Å². The van der Waals surface area contributed by atoms with E-state index >= 15 is 0 Å². The first-order chi connectivity index (χ1) is 9.52. The molecule has 2 aromatic heterocycles. The van der Waals surface area contributed by atoms with E-state index in [9.17, 15) is 4.79 Å². The van der Waals surface area contributed by atoms with Gasteiger partial charge >= 0.3 is 0 Å². The Morgan fingerprint density at radius 1 is 1.45 bits per heavy atom. The van der Waals surface area contributed by atoms with Crippen molar-refractivity contribution in [2.75, 3.05) is 0 Å². The maximum atomic E-state index is 12.3.